The Labute approximate surface area is 114 Å². The maximum atomic E-state index is 12.6. The number of amides is 3. The molecule has 0 unspecified atom stereocenters. The number of primary amides is 1. The molecule has 2 saturated heterocycles. The van der Waals surface area contributed by atoms with Gasteiger partial charge in [0.1, 0.15) is 0 Å². The van der Waals surface area contributed by atoms with Crippen LogP contribution in [0.5, 0.6) is 0 Å². The van der Waals surface area contributed by atoms with Crippen molar-refractivity contribution in [3.05, 3.63) is 0 Å². The summed E-state index contributed by atoms with van der Waals surface area (Å²) in [7, 11) is 0. The Balaban J connectivity index is 1.93. The lowest BCUT2D eigenvalue weighted by atomic mass is 9.94. The maximum absolute atomic E-state index is 12.6. The number of carbonyl (C=O) groups excluding carboxylic acids is 2. The lowest BCUT2D eigenvalue weighted by Gasteiger charge is -2.38. The van der Waals surface area contributed by atoms with Crippen molar-refractivity contribution in [2.45, 2.75) is 38.1 Å². The molecular weight excluding hydrogens is 244 g/mol. The highest BCUT2D eigenvalue weighted by atomic mass is 16.2. The second kappa shape index (κ2) is 6.75. The fourth-order valence-electron chi connectivity index (χ4n) is 3.02. The van der Waals surface area contributed by atoms with Crippen molar-refractivity contribution in [3.63, 3.8) is 0 Å². The van der Waals surface area contributed by atoms with Gasteiger partial charge in [0.2, 0.25) is 5.91 Å². The number of rotatable bonds is 3. The zero-order valence-electron chi connectivity index (χ0n) is 11.4. The van der Waals surface area contributed by atoms with Crippen LogP contribution in [0, 0.1) is 5.92 Å². The molecular formula is C13H24N4O2. The van der Waals surface area contributed by atoms with Crippen molar-refractivity contribution in [3.8, 4) is 0 Å². The van der Waals surface area contributed by atoms with Crippen LogP contribution in [0.1, 0.15) is 32.1 Å². The molecule has 2 rings (SSSR count). The number of nitrogens with one attached hydrogen (secondary N) is 2. The van der Waals surface area contributed by atoms with Crippen LogP contribution in [0.25, 0.3) is 0 Å². The number of urea groups is 1. The third-order valence-corrected chi connectivity index (χ3v) is 4.07. The highest BCUT2D eigenvalue weighted by Crippen LogP contribution is 2.21. The van der Waals surface area contributed by atoms with Gasteiger partial charge in [-0.3, -0.25) is 4.79 Å². The lowest BCUT2D eigenvalue weighted by molar-refractivity contribution is -0.139. The lowest BCUT2D eigenvalue weighted by Crippen LogP contribution is -2.53. The van der Waals surface area contributed by atoms with Gasteiger partial charge in [0, 0.05) is 25.7 Å². The van der Waals surface area contributed by atoms with E-state index in [-0.39, 0.29) is 17.9 Å². The first kappa shape index (κ1) is 14.1. The molecule has 3 amide bonds. The summed E-state index contributed by atoms with van der Waals surface area (Å²) in [6.45, 7) is 3.07. The molecule has 2 aliphatic heterocycles. The van der Waals surface area contributed by atoms with Gasteiger partial charge in [0.15, 0.2) is 0 Å². The summed E-state index contributed by atoms with van der Waals surface area (Å²) >= 11 is 0. The molecule has 0 aliphatic carbocycles. The minimum Gasteiger partial charge on any atom is -0.352 e. The first-order valence-electron chi connectivity index (χ1n) is 7.23. The molecule has 2 fully saturated rings. The van der Waals surface area contributed by atoms with E-state index >= 15 is 0 Å². The van der Waals surface area contributed by atoms with Crippen LogP contribution < -0.4 is 16.4 Å². The molecule has 0 bridgehead atoms. The molecule has 4 N–H and O–H groups in total. The van der Waals surface area contributed by atoms with Crippen LogP contribution >= 0.6 is 0 Å². The molecule has 0 aromatic rings. The van der Waals surface area contributed by atoms with Gasteiger partial charge in [-0.2, -0.15) is 0 Å². The highest BCUT2D eigenvalue weighted by Gasteiger charge is 2.32. The van der Waals surface area contributed by atoms with E-state index in [0.717, 1.165) is 51.7 Å². The fourth-order valence-corrected chi connectivity index (χ4v) is 3.02. The van der Waals surface area contributed by atoms with Gasteiger partial charge in [0.25, 0.3) is 0 Å². The van der Waals surface area contributed by atoms with E-state index < -0.39 is 6.03 Å². The molecule has 0 aromatic carbocycles. The minimum atomic E-state index is -0.516. The Kier molecular flexibility index (Phi) is 5.01. The molecule has 6 heteroatoms. The summed E-state index contributed by atoms with van der Waals surface area (Å²) < 4.78 is 0. The number of nitrogens with two attached hydrogens (primary N) is 1. The molecule has 2 heterocycles. The predicted octanol–water partition coefficient (Wildman–Crippen LogP) is 0.0354. The van der Waals surface area contributed by atoms with Gasteiger partial charge >= 0.3 is 6.03 Å². The zero-order chi connectivity index (χ0) is 13.7. The average molecular weight is 268 g/mol. The van der Waals surface area contributed by atoms with Crippen LogP contribution in [0.4, 0.5) is 4.79 Å². The van der Waals surface area contributed by atoms with Crippen LogP contribution in [-0.4, -0.2) is 49.1 Å². The summed E-state index contributed by atoms with van der Waals surface area (Å²) in [4.78, 5) is 25.3. The van der Waals surface area contributed by atoms with Gasteiger partial charge < -0.3 is 21.3 Å². The number of carbonyl (C=O) groups is 2. The molecule has 0 saturated carbocycles. The Bertz CT molecular complexity index is 329. The molecule has 0 aromatic heterocycles. The van der Waals surface area contributed by atoms with Crippen molar-refractivity contribution in [2.75, 3.05) is 26.2 Å². The van der Waals surface area contributed by atoms with Crippen molar-refractivity contribution in [1.82, 2.24) is 15.5 Å². The van der Waals surface area contributed by atoms with Gasteiger partial charge in [-0.05, 0) is 38.6 Å². The third kappa shape index (κ3) is 3.83. The number of hydrogen-bond donors (Lipinski definition) is 3. The zero-order valence-corrected chi connectivity index (χ0v) is 11.4. The van der Waals surface area contributed by atoms with Gasteiger partial charge in [-0.1, -0.05) is 0 Å². The second-order valence-electron chi connectivity index (χ2n) is 5.47. The predicted molar refractivity (Wildman–Crippen MR) is 72.5 cm³/mol. The number of piperidine rings is 2. The second-order valence-corrected chi connectivity index (χ2v) is 5.47. The summed E-state index contributed by atoms with van der Waals surface area (Å²) in [5, 5.41) is 5.91. The van der Waals surface area contributed by atoms with Gasteiger partial charge in [0.05, 0.1) is 5.92 Å². The largest absolute Gasteiger partial charge is 0.352 e. The van der Waals surface area contributed by atoms with E-state index in [1.807, 2.05) is 4.90 Å². The summed E-state index contributed by atoms with van der Waals surface area (Å²) in [6, 6.07) is -0.409. The van der Waals surface area contributed by atoms with E-state index in [4.69, 9.17) is 5.73 Å². The standard InChI is InChI=1S/C13H24N4O2/c14-13(19)16-9-11-5-1-2-7-17(11)12(18)10-4-3-6-15-8-10/h10-11,15H,1-9H2,(H3,14,16,19)/t10-,11-/m1/s1. The minimum absolute atomic E-state index is 0.0999. The number of hydrogen-bond acceptors (Lipinski definition) is 3. The number of nitrogens with zero attached hydrogens (tertiary/aromatic N) is 1. The van der Waals surface area contributed by atoms with Crippen LogP contribution in [0.2, 0.25) is 0 Å². The Morgan fingerprint density at radius 1 is 1.26 bits per heavy atom. The summed E-state index contributed by atoms with van der Waals surface area (Å²) in [5.41, 5.74) is 5.11. The molecule has 2 atom stereocenters. The Morgan fingerprint density at radius 2 is 2.11 bits per heavy atom. The van der Waals surface area contributed by atoms with Crippen molar-refractivity contribution >= 4 is 11.9 Å². The molecule has 108 valence electrons. The van der Waals surface area contributed by atoms with Crippen molar-refractivity contribution in [1.29, 1.82) is 0 Å². The number of likely N-dealkylation sites (tertiary alicyclic amines) is 1. The smallest absolute Gasteiger partial charge is 0.312 e. The van der Waals surface area contributed by atoms with E-state index in [2.05, 4.69) is 10.6 Å². The van der Waals surface area contributed by atoms with Crippen molar-refractivity contribution in [2.24, 2.45) is 11.7 Å². The normalized spacial score (nSPS) is 27.9. The molecule has 19 heavy (non-hydrogen) atoms. The molecule has 0 spiro atoms. The van der Waals surface area contributed by atoms with Crippen molar-refractivity contribution < 1.29 is 9.59 Å². The molecule has 2 aliphatic rings. The van der Waals surface area contributed by atoms with E-state index in [1.165, 1.54) is 0 Å². The van der Waals surface area contributed by atoms with Crippen LogP contribution in [0.15, 0.2) is 0 Å². The Hall–Kier alpha value is -1.30. The van der Waals surface area contributed by atoms with Gasteiger partial charge in [-0.25, -0.2) is 4.79 Å². The van der Waals surface area contributed by atoms with Crippen LogP contribution in [0.3, 0.4) is 0 Å². The van der Waals surface area contributed by atoms with Crippen LogP contribution in [-0.2, 0) is 4.79 Å². The molecule has 0 radical (unpaired) electrons. The third-order valence-electron chi connectivity index (χ3n) is 4.07. The maximum Gasteiger partial charge on any atom is 0.312 e. The fraction of sp³-hybridized carbons (Fsp3) is 0.846. The first-order chi connectivity index (χ1) is 9.18. The monoisotopic (exact) mass is 268 g/mol. The quantitative estimate of drug-likeness (QED) is 0.675. The van der Waals surface area contributed by atoms with E-state index in [1.54, 1.807) is 0 Å². The van der Waals surface area contributed by atoms with E-state index in [0.29, 0.717) is 6.54 Å². The first-order valence-corrected chi connectivity index (χ1v) is 7.23. The SMILES string of the molecule is NC(=O)NC[C@H]1CCCCN1C(=O)[C@@H]1CCCNC1. The molecule has 6 nitrogen and oxygen atoms in total. The average Bonchev–Trinajstić information content (AvgIpc) is 2.45. The summed E-state index contributed by atoms with van der Waals surface area (Å²) in [6.07, 6.45) is 5.15. The highest BCUT2D eigenvalue weighted by molar-refractivity contribution is 5.80. The van der Waals surface area contributed by atoms with Gasteiger partial charge in [-0.15, -0.1) is 0 Å². The topological polar surface area (TPSA) is 87.5 Å². The Morgan fingerprint density at radius 3 is 2.79 bits per heavy atom. The van der Waals surface area contributed by atoms with E-state index in [9.17, 15) is 9.59 Å². The summed E-state index contributed by atoms with van der Waals surface area (Å²) in [5.74, 6) is 0.339.